The maximum atomic E-state index is 13.0. The Hall–Kier alpha value is -1.34. The lowest BCUT2D eigenvalue weighted by atomic mass is 10.0. The fraction of sp³-hybridized carbons (Fsp3) is 0.500. The molecular formula is C14H19F3N2OS. The molecule has 0 heterocycles. The van der Waals surface area contributed by atoms with Crippen molar-refractivity contribution in [3.05, 3.63) is 29.3 Å². The number of hydrogen-bond donors (Lipinski definition) is 1. The summed E-state index contributed by atoms with van der Waals surface area (Å²) in [7, 11) is 1.58. The molecule has 0 fully saturated rings. The van der Waals surface area contributed by atoms with E-state index in [1.807, 2.05) is 18.7 Å². The molecule has 1 aromatic carbocycles. The number of thiocarbonyl (C=S) groups is 1. The molecule has 0 saturated heterocycles. The molecule has 0 aliphatic heterocycles. The van der Waals surface area contributed by atoms with Gasteiger partial charge >= 0.3 is 6.18 Å². The van der Waals surface area contributed by atoms with Crippen molar-refractivity contribution in [2.24, 2.45) is 5.73 Å². The molecular weight excluding hydrogens is 301 g/mol. The summed E-state index contributed by atoms with van der Waals surface area (Å²) in [4.78, 5) is 1.67. The van der Waals surface area contributed by atoms with Gasteiger partial charge in [-0.25, -0.2) is 0 Å². The van der Waals surface area contributed by atoms with Crippen molar-refractivity contribution in [1.29, 1.82) is 0 Å². The topological polar surface area (TPSA) is 38.5 Å². The van der Waals surface area contributed by atoms with Gasteiger partial charge in [0.2, 0.25) is 0 Å². The first kappa shape index (κ1) is 17.7. The number of halogens is 3. The van der Waals surface area contributed by atoms with Gasteiger partial charge in [-0.15, -0.1) is 0 Å². The molecule has 7 heteroatoms. The molecule has 1 aromatic rings. The Labute approximate surface area is 127 Å². The third kappa shape index (κ3) is 4.31. The van der Waals surface area contributed by atoms with Crippen molar-refractivity contribution >= 4 is 22.9 Å². The second-order valence-corrected chi connectivity index (χ2v) is 5.12. The van der Waals surface area contributed by atoms with Crippen LogP contribution in [0.25, 0.3) is 0 Å². The fourth-order valence-corrected chi connectivity index (χ4v) is 2.41. The Morgan fingerprint density at radius 1 is 1.43 bits per heavy atom. The molecule has 0 saturated carbocycles. The van der Waals surface area contributed by atoms with E-state index in [1.54, 1.807) is 7.11 Å². The minimum atomic E-state index is -4.48. The summed E-state index contributed by atoms with van der Waals surface area (Å²) in [6, 6.07) is 3.86. The highest BCUT2D eigenvalue weighted by atomic mass is 32.1. The van der Waals surface area contributed by atoms with Crippen molar-refractivity contribution in [1.82, 2.24) is 0 Å². The van der Waals surface area contributed by atoms with E-state index in [0.717, 1.165) is 6.07 Å². The number of anilines is 1. The van der Waals surface area contributed by atoms with Crippen molar-refractivity contribution in [2.45, 2.75) is 26.1 Å². The summed E-state index contributed by atoms with van der Waals surface area (Å²) in [5, 5.41) is 0. The monoisotopic (exact) mass is 320 g/mol. The molecule has 21 heavy (non-hydrogen) atoms. The molecule has 0 aliphatic carbocycles. The van der Waals surface area contributed by atoms with Gasteiger partial charge < -0.3 is 15.4 Å². The Kier molecular flexibility index (Phi) is 5.98. The predicted octanol–water partition coefficient (Wildman–Crippen LogP) is 3.20. The summed E-state index contributed by atoms with van der Waals surface area (Å²) in [6.45, 7) is 4.96. The number of benzene rings is 1. The van der Waals surface area contributed by atoms with Gasteiger partial charge in [-0.3, -0.25) is 0 Å². The second kappa shape index (κ2) is 7.09. The lowest BCUT2D eigenvalue weighted by Crippen LogP contribution is -2.36. The van der Waals surface area contributed by atoms with Gasteiger partial charge in [0, 0.05) is 30.9 Å². The second-order valence-electron chi connectivity index (χ2n) is 4.68. The van der Waals surface area contributed by atoms with Crippen LogP contribution < -0.4 is 10.6 Å². The highest BCUT2D eigenvalue weighted by molar-refractivity contribution is 7.80. The minimum Gasteiger partial charge on any atom is -0.389 e. The first-order valence-electron chi connectivity index (χ1n) is 6.49. The van der Waals surface area contributed by atoms with Crippen molar-refractivity contribution in [3.63, 3.8) is 0 Å². The highest BCUT2D eigenvalue weighted by Gasteiger charge is 2.34. The van der Waals surface area contributed by atoms with Crippen molar-refractivity contribution in [2.75, 3.05) is 25.2 Å². The maximum Gasteiger partial charge on any atom is 0.417 e. The third-order valence-electron chi connectivity index (χ3n) is 3.19. The molecule has 1 atom stereocenters. The molecule has 1 unspecified atom stereocenters. The quantitative estimate of drug-likeness (QED) is 0.817. The summed E-state index contributed by atoms with van der Waals surface area (Å²) in [5.41, 5.74) is 5.12. The molecule has 1 rings (SSSR count). The maximum absolute atomic E-state index is 13.0. The first-order chi connectivity index (χ1) is 9.72. The average Bonchev–Trinajstić information content (AvgIpc) is 2.38. The summed E-state index contributed by atoms with van der Waals surface area (Å²) in [5.74, 6) is 0. The largest absolute Gasteiger partial charge is 0.417 e. The Morgan fingerprint density at radius 3 is 2.48 bits per heavy atom. The van der Waals surface area contributed by atoms with Crippen LogP contribution in [0.2, 0.25) is 0 Å². The summed E-state index contributed by atoms with van der Waals surface area (Å²) >= 11 is 4.75. The normalized spacial score (nSPS) is 13.0. The molecule has 0 bridgehead atoms. The lowest BCUT2D eigenvalue weighted by Gasteiger charge is -2.30. The molecule has 0 amide bonds. The smallest absolute Gasteiger partial charge is 0.389 e. The number of hydrogen-bond acceptors (Lipinski definition) is 3. The van der Waals surface area contributed by atoms with Crippen LogP contribution >= 0.6 is 12.2 Å². The minimum absolute atomic E-state index is 0.0240. The third-order valence-corrected chi connectivity index (χ3v) is 3.41. The van der Waals surface area contributed by atoms with Crippen molar-refractivity contribution < 1.29 is 17.9 Å². The van der Waals surface area contributed by atoms with Gasteiger partial charge in [-0.05, 0) is 32.0 Å². The molecule has 0 aliphatic rings. The van der Waals surface area contributed by atoms with Gasteiger partial charge in [0.1, 0.15) is 4.99 Å². The van der Waals surface area contributed by atoms with Gasteiger partial charge in [0.05, 0.1) is 12.2 Å². The van der Waals surface area contributed by atoms with Crippen LogP contribution in [0.1, 0.15) is 25.0 Å². The molecule has 118 valence electrons. The van der Waals surface area contributed by atoms with Crippen molar-refractivity contribution in [3.8, 4) is 0 Å². The van der Waals surface area contributed by atoms with E-state index in [-0.39, 0.29) is 16.6 Å². The molecule has 2 N–H and O–H groups in total. The number of rotatable bonds is 6. The number of alkyl halides is 3. The van der Waals surface area contributed by atoms with E-state index in [1.165, 1.54) is 12.1 Å². The lowest BCUT2D eigenvalue weighted by molar-refractivity contribution is -0.137. The van der Waals surface area contributed by atoms with E-state index in [0.29, 0.717) is 18.8 Å². The van der Waals surface area contributed by atoms with Gasteiger partial charge in [0.25, 0.3) is 0 Å². The zero-order valence-electron chi connectivity index (χ0n) is 12.2. The Bertz CT molecular complexity index is 505. The zero-order valence-corrected chi connectivity index (χ0v) is 13.0. The number of nitrogens with zero attached hydrogens (tertiary/aromatic N) is 1. The Balaban J connectivity index is 3.27. The SMILES string of the molecule is CCN(c1ccc(C(F)(F)F)c(C(N)=S)c1)C(C)COC. The van der Waals surface area contributed by atoms with Crippen LogP contribution in [-0.4, -0.2) is 31.3 Å². The highest BCUT2D eigenvalue weighted by Crippen LogP contribution is 2.34. The number of ether oxygens (including phenoxy) is 1. The van der Waals surface area contributed by atoms with Crippen LogP contribution in [0.4, 0.5) is 18.9 Å². The zero-order chi connectivity index (χ0) is 16.2. The van der Waals surface area contributed by atoms with E-state index >= 15 is 0 Å². The van der Waals surface area contributed by atoms with E-state index in [4.69, 9.17) is 22.7 Å². The predicted molar refractivity (Wildman–Crippen MR) is 81.7 cm³/mol. The molecule has 0 radical (unpaired) electrons. The first-order valence-corrected chi connectivity index (χ1v) is 6.89. The molecule has 0 aromatic heterocycles. The van der Waals surface area contributed by atoms with Gasteiger partial charge in [-0.1, -0.05) is 12.2 Å². The number of likely N-dealkylation sites (N-methyl/N-ethyl adjacent to an activating group) is 1. The van der Waals surface area contributed by atoms with Gasteiger partial charge in [-0.2, -0.15) is 13.2 Å². The molecule has 3 nitrogen and oxygen atoms in total. The van der Waals surface area contributed by atoms with Crippen LogP contribution in [0.3, 0.4) is 0 Å². The molecule has 0 spiro atoms. The van der Waals surface area contributed by atoms with Crippen LogP contribution in [0.15, 0.2) is 18.2 Å². The van der Waals surface area contributed by atoms with E-state index < -0.39 is 11.7 Å². The standard InChI is InChI=1S/C14H19F3N2OS/c1-4-19(9(2)8-20-3)10-5-6-12(14(15,16)17)11(7-10)13(18)21/h5-7,9H,4,8H2,1-3H3,(H2,18,21). The number of methoxy groups -OCH3 is 1. The number of nitrogens with two attached hydrogens (primary N) is 1. The average molecular weight is 320 g/mol. The van der Waals surface area contributed by atoms with E-state index in [9.17, 15) is 13.2 Å². The van der Waals surface area contributed by atoms with Crippen LogP contribution in [0, 0.1) is 0 Å². The fourth-order valence-electron chi connectivity index (χ4n) is 2.24. The van der Waals surface area contributed by atoms with Crippen LogP contribution in [0.5, 0.6) is 0 Å². The Morgan fingerprint density at radius 2 is 2.05 bits per heavy atom. The van der Waals surface area contributed by atoms with Gasteiger partial charge in [0.15, 0.2) is 0 Å². The van der Waals surface area contributed by atoms with E-state index in [2.05, 4.69) is 0 Å². The summed E-state index contributed by atoms with van der Waals surface area (Å²) in [6.07, 6.45) is -4.48. The van der Waals surface area contributed by atoms with Crippen LogP contribution in [-0.2, 0) is 10.9 Å². The summed E-state index contributed by atoms with van der Waals surface area (Å²) < 4.78 is 44.0.